The van der Waals surface area contributed by atoms with Crippen molar-refractivity contribution >= 4 is 22.4 Å². The highest BCUT2D eigenvalue weighted by molar-refractivity contribution is 7.14. The van der Waals surface area contributed by atoms with E-state index in [9.17, 15) is 18.0 Å². The molecule has 2 aromatic carbocycles. The molecule has 0 aliphatic rings. The van der Waals surface area contributed by atoms with E-state index in [0.29, 0.717) is 0 Å². The molecule has 0 bridgehead atoms. The Morgan fingerprint density at radius 1 is 1.12 bits per heavy atom. The summed E-state index contributed by atoms with van der Waals surface area (Å²) in [6.07, 6.45) is 0. The van der Waals surface area contributed by atoms with E-state index in [0.717, 1.165) is 35.6 Å². The Morgan fingerprint density at radius 3 is 2.60 bits per heavy atom. The lowest BCUT2D eigenvalue weighted by Crippen LogP contribution is -2.13. The van der Waals surface area contributed by atoms with Crippen LogP contribution in [0.5, 0.6) is 5.75 Å². The van der Waals surface area contributed by atoms with Gasteiger partial charge in [-0.05, 0) is 36.4 Å². The fourth-order valence-corrected chi connectivity index (χ4v) is 2.88. The number of thiazole rings is 1. The van der Waals surface area contributed by atoms with Crippen molar-refractivity contribution in [3.63, 3.8) is 0 Å². The third-order valence-corrected chi connectivity index (χ3v) is 4.09. The molecule has 8 heteroatoms. The summed E-state index contributed by atoms with van der Waals surface area (Å²) in [6.45, 7) is 0. The highest BCUT2D eigenvalue weighted by atomic mass is 32.1. The van der Waals surface area contributed by atoms with Crippen molar-refractivity contribution < 1.29 is 22.7 Å². The summed E-state index contributed by atoms with van der Waals surface area (Å²) in [7, 11) is 1.36. The molecule has 0 saturated carbocycles. The molecule has 25 heavy (non-hydrogen) atoms. The second-order valence-electron chi connectivity index (χ2n) is 4.96. The van der Waals surface area contributed by atoms with E-state index in [4.69, 9.17) is 4.74 Å². The van der Waals surface area contributed by atoms with Crippen molar-refractivity contribution in [3.8, 4) is 17.0 Å². The lowest BCUT2D eigenvalue weighted by molar-refractivity contribution is 0.102. The predicted molar refractivity (Wildman–Crippen MR) is 88.4 cm³/mol. The van der Waals surface area contributed by atoms with Gasteiger partial charge in [-0.3, -0.25) is 10.1 Å². The molecular weight excluding hydrogens is 353 g/mol. The zero-order valence-corrected chi connectivity index (χ0v) is 13.7. The largest absolute Gasteiger partial charge is 0.496 e. The van der Waals surface area contributed by atoms with Crippen LogP contribution in [0.1, 0.15) is 10.4 Å². The first-order valence-electron chi connectivity index (χ1n) is 7.04. The summed E-state index contributed by atoms with van der Waals surface area (Å²) < 4.78 is 45.5. The first-order chi connectivity index (χ1) is 12.0. The van der Waals surface area contributed by atoms with Gasteiger partial charge in [0.05, 0.1) is 18.4 Å². The van der Waals surface area contributed by atoms with Crippen molar-refractivity contribution in [2.24, 2.45) is 0 Å². The third-order valence-electron chi connectivity index (χ3n) is 3.34. The van der Waals surface area contributed by atoms with Gasteiger partial charge >= 0.3 is 0 Å². The summed E-state index contributed by atoms with van der Waals surface area (Å²) in [6, 6.07) is 6.56. The molecule has 1 heterocycles. The number of aromatic nitrogens is 1. The molecule has 0 saturated heterocycles. The molecule has 1 amide bonds. The summed E-state index contributed by atoms with van der Waals surface area (Å²) in [5, 5.41) is 4.13. The van der Waals surface area contributed by atoms with E-state index < -0.39 is 23.4 Å². The maximum atomic E-state index is 13.8. The van der Waals surface area contributed by atoms with Gasteiger partial charge in [0.1, 0.15) is 23.2 Å². The Labute approximate surface area is 144 Å². The molecule has 0 radical (unpaired) electrons. The first-order valence-corrected chi connectivity index (χ1v) is 7.91. The lowest BCUT2D eigenvalue weighted by atomic mass is 10.1. The number of amides is 1. The van der Waals surface area contributed by atoms with Gasteiger partial charge in [-0.15, -0.1) is 11.3 Å². The van der Waals surface area contributed by atoms with E-state index >= 15 is 0 Å². The van der Waals surface area contributed by atoms with Crippen LogP contribution in [0, 0.1) is 17.5 Å². The molecule has 0 fully saturated rings. The molecule has 128 valence electrons. The highest BCUT2D eigenvalue weighted by Crippen LogP contribution is 2.28. The number of nitrogens with one attached hydrogen (secondary N) is 1. The van der Waals surface area contributed by atoms with Crippen molar-refractivity contribution in [1.82, 2.24) is 4.98 Å². The van der Waals surface area contributed by atoms with Crippen LogP contribution >= 0.6 is 11.3 Å². The van der Waals surface area contributed by atoms with Gasteiger partial charge in [-0.1, -0.05) is 0 Å². The summed E-state index contributed by atoms with van der Waals surface area (Å²) in [5.74, 6) is -2.24. The van der Waals surface area contributed by atoms with E-state index in [-0.39, 0.29) is 27.7 Å². The van der Waals surface area contributed by atoms with E-state index in [1.54, 1.807) is 0 Å². The number of rotatable bonds is 4. The van der Waals surface area contributed by atoms with Crippen LogP contribution < -0.4 is 10.1 Å². The predicted octanol–water partition coefficient (Wildman–Crippen LogP) is 4.49. The van der Waals surface area contributed by atoms with Gasteiger partial charge in [0.25, 0.3) is 5.91 Å². The zero-order valence-electron chi connectivity index (χ0n) is 12.8. The third kappa shape index (κ3) is 3.63. The summed E-state index contributed by atoms with van der Waals surface area (Å²) in [4.78, 5) is 16.4. The number of benzene rings is 2. The molecule has 0 unspecified atom stereocenters. The SMILES string of the molecule is COc1ccc(F)cc1C(=O)Nc1nc(-c2cc(F)ccc2F)cs1. The number of hydrogen-bond donors (Lipinski definition) is 1. The molecule has 4 nitrogen and oxygen atoms in total. The summed E-state index contributed by atoms with van der Waals surface area (Å²) in [5.41, 5.74) is 0.166. The van der Waals surface area contributed by atoms with Crippen LogP contribution in [0.15, 0.2) is 41.8 Å². The highest BCUT2D eigenvalue weighted by Gasteiger charge is 2.16. The molecule has 1 aromatic heterocycles. The van der Waals surface area contributed by atoms with Gasteiger partial charge in [-0.2, -0.15) is 0 Å². The van der Waals surface area contributed by atoms with Crippen LogP contribution in [-0.4, -0.2) is 18.0 Å². The molecule has 0 atom stereocenters. The Hall–Kier alpha value is -2.87. The number of anilines is 1. The van der Waals surface area contributed by atoms with Crippen LogP contribution in [0.2, 0.25) is 0 Å². The second-order valence-corrected chi connectivity index (χ2v) is 5.82. The summed E-state index contributed by atoms with van der Waals surface area (Å²) >= 11 is 1.03. The Kier molecular flexibility index (Phi) is 4.71. The van der Waals surface area contributed by atoms with Crippen LogP contribution in [0.3, 0.4) is 0 Å². The minimum atomic E-state index is -0.628. The molecule has 0 spiro atoms. The van der Waals surface area contributed by atoms with Crippen molar-refractivity contribution in [1.29, 1.82) is 0 Å². The van der Waals surface area contributed by atoms with Crippen molar-refractivity contribution in [2.75, 3.05) is 12.4 Å². The lowest BCUT2D eigenvalue weighted by Gasteiger charge is -2.07. The minimum Gasteiger partial charge on any atom is -0.496 e. The molecule has 1 N–H and O–H groups in total. The van der Waals surface area contributed by atoms with Gasteiger partial charge in [0, 0.05) is 10.9 Å². The maximum absolute atomic E-state index is 13.8. The first kappa shape index (κ1) is 17.0. The average Bonchev–Trinajstić information content (AvgIpc) is 3.05. The standard InChI is InChI=1S/C17H11F3N2O2S/c1-24-15-5-3-10(19)7-12(15)16(23)22-17-21-14(8-25-17)11-6-9(18)2-4-13(11)20/h2-8H,1H3,(H,21,22,23). The van der Waals surface area contributed by atoms with Gasteiger partial charge in [-0.25, -0.2) is 18.2 Å². The number of hydrogen-bond acceptors (Lipinski definition) is 4. The average molecular weight is 364 g/mol. The zero-order chi connectivity index (χ0) is 18.0. The maximum Gasteiger partial charge on any atom is 0.261 e. The van der Waals surface area contributed by atoms with Crippen molar-refractivity contribution in [3.05, 3.63) is 64.8 Å². The Morgan fingerprint density at radius 2 is 1.84 bits per heavy atom. The molecule has 3 aromatic rings. The van der Waals surface area contributed by atoms with Crippen LogP contribution in [0.4, 0.5) is 18.3 Å². The number of halogens is 3. The molecule has 0 aliphatic carbocycles. The van der Waals surface area contributed by atoms with E-state index in [2.05, 4.69) is 10.3 Å². The fourth-order valence-electron chi connectivity index (χ4n) is 2.17. The fraction of sp³-hybridized carbons (Fsp3) is 0.0588. The van der Waals surface area contributed by atoms with Gasteiger partial charge < -0.3 is 4.74 Å². The topological polar surface area (TPSA) is 51.2 Å². The van der Waals surface area contributed by atoms with E-state index in [1.807, 2.05) is 0 Å². The van der Waals surface area contributed by atoms with Gasteiger partial charge in [0.15, 0.2) is 5.13 Å². The molecule has 0 aliphatic heterocycles. The van der Waals surface area contributed by atoms with Crippen LogP contribution in [0.25, 0.3) is 11.3 Å². The number of nitrogens with zero attached hydrogens (tertiary/aromatic N) is 1. The molecular formula is C17H11F3N2O2S. The number of ether oxygens (including phenoxy) is 1. The normalized spacial score (nSPS) is 10.6. The quantitative estimate of drug-likeness (QED) is 0.742. The minimum absolute atomic E-state index is 0.00353. The number of carbonyl (C=O) groups excluding carboxylic acids is 1. The second kappa shape index (κ2) is 6.94. The Bertz CT molecular complexity index is 943. The van der Waals surface area contributed by atoms with Crippen molar-refractivity contribution in [2.45, 2.75) is 0 Å². The number of methoxy groups -OCH3 is 1. The van der Waals surface area contributed by atoms with Crippen LogP contribution in [-0.2, 0) is 0 Å². The van der Waals surface area contributed by atoms with Gasteiger partial charge in [0.2, 0.25) is 0 Å². The number of carbonyl (C=O) groups is 1. The smallest absolute Gasteiger partial charge is 0.261 e. The van der Waals surface area contributed by atoms with E-state index in [1.165, 1.54) is 24.6 Å². The molecule has 3 rings (SSSR count). The Balaban J connectivity index is 1.85. The monoisotopic (exact) mass is 364 g/mol.